The summed E-state index contributed by atoms with van der Waals surface area (Å²) < 4.78 is 0.576. The second kappa shape index (κ2) is 4.29. The van der Waals surface area contributed by atoms with Crippen molar-refractivity contribution in [2.24, 2.45) is 0 Å². The number of hydrogen-bond acceptors (Lipinski definition) is 3. The van der Waals surface area contributed by atoms with E-state index in [-0.39, 0.29) is 0 Å². The minimum absolute atomic E-state index is 0.409. The molecule has 0 amide bonds. The monoisotopic (exact) mass is 176 g/mol. The third-order valence-electron chi connectivity index (χ3n) is 1.48. The first kappa shape index (κ1) is 8.47. The van der Waals surface area contributed by atoms with Crippen molar-refractivity contribution in [3.8, 4) is 0 Å². The van der Waals surface area contributed by atoms with Crippen molar-refractivity contribution in [3.05, 3.63) is 0 Å². The van der Waals surface area contributed by atoms with Gasteiger partial charge >= 0.3 is 0 Å². The fourth-order valence-electron chi connectivity index (χ4n) is 0.855. The smallest absolute Gasteiger partial charge is 0.134 e. The highest BCUT2D eigenvalue weighted by Gasteiger charge is 2.18. The highest BCUT2D eigenvalue weighted by atomic mass is 32.2. The van der Waals surface area contributed by atoms with E-state index in [4.69, 9.17) is 0 Å². The van der Waals surface area contributed by atoms with Crippen molar-refractivity contribution >= 4 is 29.3 Å². The molecule has 0 unspecified atom stereocenters. The Morgan fingerprint density at radius 2 is 2.10 bits per heavy atom. The molecule has 1 fully saturated rings. The number of rotatable bonds is 3. The van der Waals surface area contributed by atoms with Crippen molar-refractivity contribution in [2.45, 2.75) is 24.3 Å². The number of Topliss-reactive ketones (excluding diaryl/α,β-unsaturated/α-hetero) is 1. The molecular weight excluding hydrogens is 164 g/mol. The van der Waals surface area contributed by atoms with Crippen LogP contribution in [0.3, 0.4) is 0 Å². The second-order valence-electron chi connectivity index (χ2n) is 2.27. The first-order chi connectivity index (χ1) is 4.83. The molecule has 0 aromatic heterocycles. The first-order valence-corrected chi connectivity index (χ1v) is 5.67. The van der Waals surface area contributed by atoms with Gasteiger partial charge in [-0.3, -0.25) is 4.79 Å². The van der Waals surface area contributed by atoms with E-state index in [2.05, 4.69) is 0 Å². The summed E-state index contributed by atoms with van der Waals surface area (Å²) in [4.78, 5) is 10.9. The Labute approximate surface area is 70.3 Å². The van der Waals surface area contributed by atoms with Crippen molar-refractivity contribution in [3.63, 3.8) is 0 Å². The molecule has 10 heavy (non-hydrogen) atoms. The Kier molecular flexibility index (Phi) is 3.63. The lowest BCUT2D eigenvalue weighted by Crippen LogP contribution is -2.02. The maximum Gasteiger partial charge on any atom is 0.134 e. The molecule has 1 nitrogen and oxygen atoms in total. The van der Waals surface area contributed by atoms with E-state index < -0.39 is 0 Å². The number of thioether (sulfide) groups is 2. The SMILES string of the molecule is CCC(=O)CC1SCCS1. The van der Waals surface area contributed by atoms with Gasteiger partial charge in [0.05, 0.1) is 4.58 Å². The van der Waals surface area contributed by atoms with E-state index in [1.165, 1.54) is 11.5 Å². The molecule has 0 bridgehead atoms. The maximum atomic E-state index is 10.9. The molecule has 0 spiro atoms. The Balaban J connectivity index is 2.17. The Hall–Kier alpha value is 0.370. The van der Waals surface area contributed by atoms with E-state index in [1.807, 2.05) is 30.4 Å². The number of hydrogen-bond donors (Lipinski definition) is 0. The Morgan fingerprint density at radius 3 is 2.60 bits per heavy atom. The van der Waals surface area contributed by atoms with Crippen LogP contribution in [-0.4, -0.2) is 21.9 Å². The van der Waals surface area contributed by atoms with E-state index in [0.717, 1.165) is 6.42 Å². The number of carbonyl (C=O) groups is 1. The van der Waals surface area contributed by atoms with Crippen LogP contribution in [0.15, 0.2) is 0 Å². The molecule has 3 heteroatoms. The fraction of sp³-hybridized carbons (Fsp3) is 0.857. The highest BCUT2D eigenvalue weighted by molar-refractivity contribution is 8.20. The number of ketones is 1. The minimum Gasteiger partial charge on any atom is -0.300 e. The molecule has 0 aromatic carbocycles. The molecule has 1 aliphatic rings. The zero-order chi connectivity index (χ0) is 7.40. The normalized spacial score (nSPS) is 19.7. The van der Waals surface area contributed by atoms with Crippen LogP contribution in [0, 0.1) is 0 Å². The van der Waals surface area contributed by atoms with E-state index in [1.54, 1.807) is 0 Å². The summed E-state index contributed by atoms with van der Waals surface area (Å²) >= 11 is 3.86. The van der Waals surface area contributed by atoms with Crippen LogP contribution in [0.2, 0.25) is 0 Å². The molecular formula is C7H12OS2. The van der Waals surface area contributed by atoms with Gasteiger partial charge in [0.2, 0.25) is 0 Å². The lowest BCUT2D eigenvalue weighted by molar-refractivity contribution is -0.118. The standard InChI is InChI=1S/C7H12OS2/c1-2-6(8)5-7-9-3-4-10-7/h7H,2-5H2,1H3. The van der Waals surface area contributed by atoms with E-state index >= 15 is 0 Å². The lowest BCUT2D eigenvalue weighted by Gasteiger charge is -2.03. The van der Waals surface area contributed by atoms with Gasteiger partial charge < -0.3 is 0 Å². The third-order valence-corrected chi connectivity index (χ3v) is 4.51. The predicted octanol–water partition coefficient (Wildman–Crippen LogP) is 2.16. The van der Waals surface area contributed by atoms with Gasteiger partial charge in [-0.25, -0.2) is 0 Å². The van der Waals surface area contributed by atoms with E-state index in [0.29, 0.717) is 16.8 Å². The topological polar surface area (TPSA) is 17.1 Å². The molecule has 0 aromatic rings. The average Bonchev–Trinajstić information content (AvgIpc) is 2.40. The summed E-state index contributed by atoms with van der Waals surface area (Å²) in [6.45, 7) is 1.94. The highest BCUT2D eigenvalue weighted by Crippen LogP contribution is 2.34. The predicted molar refractivity (Wildman–Crippen MR) is 48.6 cm³/mol. The molecule has 0 saturated carbocycles. The van der Waals surface area contributed by atoms with E-state index in [9.17, 15) is 4.79 Å². The summed E-state index contributed by atoms with van der Waals surface area (Å²) in [5.74, 6) is 2.87. The van der Waals surface area contributed by atoms with Gasteiger partial charge in [-0.2, -0.15) is 0 Å². The lowest BCUT2D eigenvalue weighted by atomic mass is 10.2. The van der Waals surface area contributed by atoms with Crippen LogP contribution in [0.4, 0.5) is 0 Å². The molecule has 0 radical (unpaired) electrons. The number of carbonyl (C=O) groups excluding carboxylic acids is 1. The molecule has 1 heterocycles. The summed E-state index contributed by atoms with van der Waals surface area (Å²) in [5.41, 5.74) is 0. The summed E-state index contributed by atoms with van der Waals surface area (Å²) in [6, 6.07) is 0. The molecule has 1 rings (SSSR count). The van der Waals surface area contributed by atoms with Crippen molar-refractivity contribution in [2.75, 3.05) is 11.5 Å². The summed E-state index contributed by atoms with van der Waals surface area (Å²) in [6.07, 6.45) is 1.49. The van der Waals surface area contributed by atoms with Crippen LogP contribution in [-0.2, 0) is 4.79 Å². The third kappa shape index (κ3) is 2.54. The van der Waals surface area contributed by atoms with Gasteiger partial charge in [0, 0.05) is 24.3 Å². The van der Waals surface area contributed by atoms with Crippen molar-refractivity contribution in [1.82, 2.24) is 0 Å². The molecule has 1 saturated heterocycles. The zero-order valence-electron chi connectivity index (χ0n) is 6.13. The molecule has 0 aliphatic carbocycles. The average molecular weight is 176 g/mol. The zero-order valence-corrected chi connectivity index (χ0v) is 7.76. The molecule has 58 valence electrons. The van der Waals surface area contributed by atoms with Gasteiger partial charge in [0.25, 0.3) is 0 Å². The quantitative estimate of drug-likeness (QED) is 0.656. The summed E-state index contributed by atoms with van der Waals surface area (Å²) in [7, 11) is 0. The molecule has 1 aliphatic heterocycles. The summed E-state index contributed by atoms with van der Waals surface area (Å²) in [5, 5.41) is 0. The van der Waals surface area contributed by atoms with Gasteiger partial charge in [-0.1, -0.05) is 6.92 Å². The van der Waals surface area contributed by atoms with Gasteiger partial charge in [0.15, 0.2) is 0 Å². The fourth-order valence-corrected chi connectivity index (χ4v) is 3.72. The minimum atomic E-state index is 0.409. The van der Waals surface area contributed by atoms with Gasteiger partial charge in [-0.15, -0.1) is 23.5 Å². The Morgan fingerprint density at radius 1 is 1.50 bits per heavy atom. The first-order valence-electron chi connectivity index (χ1n) is 3.58. The van der Waals surface area contributed by atoms with Crippen LogP contribution in [0.25, 0.3) is 0 Å². The van der Waals surface area contributed by atoms with Crippen LogP contribution in [0.1, 0.15) is 19.8 Å². The molecule has 0 atom stereocenters. The van der Waals surface area contributed by atoms with Crippen molar-refractivity contribution in [1.29, 1.82) is 0 Å². The van der Waals surface area contributed by atoms with Gasteiger partial charge in [-0.05, 0) is 0 Å². The molecule has 0 N–H and O–H groups in total. The van der Waals surface area contributed by atoms with Crippen LogP contribution >= 0.6 is 23.5 Å². The van der Waals surface area contributed by atoms with Crippen LogP contribution < -0.4 is 0 Å². The Bertz CT molecular complexity index is 119. The van der Waals surface area contributed by atoms with Crippen molar-refractivity contribution < 1.29 is 4.79 Å². The largest absolute Gasteiger partial charge is 0.300 e. The second-order valence-corrected chi connectivity index (χ2v) is 5.19. The maximum absolute atomic E-state index is 10.9. The van der Waals surface area contributed by atoms with Gasteiger partial charge in [0.1, 0.15) is 5.78 Å². The van der Waals surface area contributed by atoms with Crippen LogP contribution in [0.5, 0.6) is 0 Å².